The molecule has 1 aliphatic rings. The van der Waals surface area contributed by atoms with Gasteiger partial charge < -0.3 is 0 Å². The third-order valence-corrected chi connectivity index (χ3v) is 5.55. The summed E-state index contributed by atoms with van der Waals surface area (Å²) in [5.74, 6) is 0. The van der Waals surface area contributed by atoms with Gasteiger partial charge >= 0.3 is 0 Å². The molecular weight excluding hydrogens is 370 g/mol. The lowest BCUT2D eigenvalue weighted by molar-refractivity contribution is 0.244. The number of rotatable bonds is 3. The van der Waals surface area contributed by atoms with Crippen molar-refractivity contribution in [1.29, 1.82) is 0 Å². The Morgan fingerprint density at radius 1 is 0.893 bits per heavy atom. The molecule has 0 aliphatic carbocycles. The van der Waals surface area contributed by atoms with Crippen LogP contribution in [-0.2, 0) is 0 Å². The van der Waals surface area contributed by atoms with Gasteiger partial charge in [0.2, 0.25) is 0 Å². The van der Waals surface area contributed by atoms with Gasteiger partial charge in [-0.2, -0.15) is 5.10 Å². The molecule has 1 atom stereocenters. The van der Waals surface area contributed by atoms with Gasteiger partial charge in [-0.3, -0.25) is 0 Å². The first kappa shape index (κ1) is 16.9. The van der Waals surface area contributed by atoms with Crippen LogP contribution in [-0.4, -0.2) is 10.8 Å². The Hall–Kier alpha value is -3.24. The van der Waals surface area contributed by atoms with E-state index in [4.69, 9.17) is 11.6 Å². The molecule has 0 bridgehead atoms. The maximum absolute atomic E-state index is 11.6. The highest BCUT2D eigenvalue weighted by atomic mass is 35.5. The minimum Gasteiger partial charge on any atom is -0.156 e. The van der Waals surface area contributed by atoms with E-state index in [1.54, 1.807) is 0 Å². The first-order valence-corrected chi connectivity index (χ1v) is 9.49. The number of hydrogen-bond donors (Lipinski definition) is 0. The Labute approximate surface area is 167 Å². The molecule has 0 fully saturated rings. The summed E-state index contributed by atoms with van der Waals surface area (Å²) >= 11 is 6.01. The first-order chi connectivity index (χ1) is 13.7. The Balaban J connectivity index is 1.69. The van der Waals surface area contributed by atoms with Gasteiger partial charge in [0.1, 0.15) is 6.04 Å². The van der Waals surface area contributed by atoms with Crippen LogP contribution in [0, 0.1) is 4.91 Å². The van der Waals surface area contributed by atoms with Crippen LogP contribution in [0.25, 0.3) is 21.5 Å². The lowest BCUT2D eigenvalue weighted by Crippen LogP contribution is -2.13. The second-order valence-corrected chi connectivity index (χ2v) is 7.34. The summed E-state index contributed by atoms with van der Waals surface area (Å²) in [5.41, 5.74) is 2.87. The van der Waals surface area contributed by atoms with E-state index in [9.17, 15) is 4.91 Å². The molecule has 0 saturated carbocycles. The number of hydrazone groups is 1. The van der Waals surface area contributed by atoms with E-state index in [1.807, 2.05) is 48.5 Å². The summed E-state index contributed by atoms with van der Waals surface area (Å²) in [6.07, 6.45) is 0.603. The summed E-state index contributed by atoms with van der Waals surface area (Å²) in [7, 11) is 0. The maximum atomic E-state index is 11.6. The predicted octanol–water partition coefficient (Wildman–Crippen LogP) is 6.48. The molecular formula is C23H16ClN3O. The maximum Gasteiger partial charge on any atom is 0.107 e. The van der Waals surface area contributed by atoms with Crippen molar-refractivity contribution < 1.29 is 0 Å². The van der Waals surface area contributed by atoms with Crippen molar-refractivity contribution in [2.24, 2.45) is 10.4 Å². The molecule has 5 rings (SSSR count). The van der Waals surface area contributed by atoms with Gasteiger partial charge in [-0.05, 0) is 50.9 Å². The van der Waals surface area contributed by atoms with Crippen LogP contribution < -0.4 is 0 Å². The van der Waals surface area contributed by atoms with Crippen LogP contribution in [0.1, 0.15) is 23.6 Å². The SMILES string of the molecule is O=NN1N=C(c2ccc(Cl)cc2)CC1c1c2ccccc2cc2ccccc12. The Bertz CT molecular complexity index is 1180. The highest BCUT2D eigenvalue weighted by Crippen LogP contribution is 2.40. The smallest absolute Gasteiger partial charge is 0.107 e. The van der Waals surface area contributed by atoms with Crippen LogP contribution >= 0.6 is 11.6 Å². The van der Waals surface area contributed by atoms with E-state index in [2.05, 4.69) is 40.7 Å². The normalized spacial score (nSPS) is 16.5. The average Bonchev–Trinajstić information content (AvgIpc) is 3.16. The summed E-state index contributed by atoms with van der Waals surface area (Å²) in [5, 5.41) is 14.2. The van der Waals surface area contributed by atoms with Crippen molar-refractivity contribution in [1.82, 2.24) is 5.12 Å². The number of hydrogen-bond acceptors (Lipinski definition) is 3. The molecule has 4 nitrogen and oxygen atoms in total. The van der Waals surface area contributed by atoms with Crippen molar-refractivity contribution >= 4 is 38.9 Å². The Morgan fingerprint density at radius 3 is 2.11 bits per heavy atom. The van der Waals surface area contributed by atoms with E-state index >= 15 is 0 Å². The topological polar surface area (TPSA) is 45.0 Å². The quantitative estimate of drug-likeness (QED) is 0.299. The second kappa shape index (κ2) is 6.73. The second-order valence-electron chi connectivity index (χ2n) is 6.91. The molecule has 28 heavy (non-hydrogen) atoms. The fourth-order valence-corrected chi connectivity index (χ4v) is 4.14. The minimum atomic E-state index is -0.251. The molecule has 4 aromatic rings. The molecule has 1 unspecified atom stereocenters. The molecule has 1 heterocycles. The van der Waals surface area contributed by atoms with Crippen LogP contribution in [0.4, 0.5) is 0 Å². The lowest BCUT2D eigenvalue weighted by Gasteiger charge is -2.20. The average molecular weight is 386 g/mol. The summed E-state index contributed by atoms with van der Waals surface area (Å²) in [6.45, 7) is 0. The van der Waals surface area contributed by atoms with Crippen molar-refractivity contribution in [3.63, 3.8) is 0 Å². The van der Waals surface area contributed by atoms with Crippen molar-refractivity contribution in [2.75, 3.05) is 0 Å². The lowest BCUT2D eigenvalue weighted by atomic mass is 9.90. The fraction of sp³-hybridized carbons (Fsp3) is 0.0870. The van der Waals surface area contributed by atoms with E-state index < -0.39 is 0 Å². The molecule has 5 heteroatoms. The zero-order valence-corrected chi connectivity index (χ0v) is 15.7. The summed E-state index contributed by atoms with van der Waals surface area (Å²) < 4.78 is 0. The van der Waals surface area contributed by atoms with Gasteiger partial charge in [0.25, 0.3) is 0 Å². The Kier molecular flexibility index (Phi) is 4.06. The minimum absolute atomic E-state index is 0.251. The predicted molar refractivity (Wildman–Crippen MR) is 114 cm³/mol. The molecule has 0 spiro atoms. The van der Waals surface area contributed by atoms with E-state index in [1.165, 1.54) is 5.12 Å². The first-order valence-electron chi connectivity index (χ1n) is 9.11. The zero-order chi connectivity index (χ0) is 19.1. The number of fused-ring (bicyclic) bond motifs is 2. The van der Waals surface area contributed by atoms with Crippen molar-refractivity contribution in [2.45, 2.75) is 12.5 Å². The molecule has 1 aliphatic heterocycles. The third kappa shape index (κ3) is 2.74. The number of nitroso groups, excluding NO2 is 1. The van der Waals surface area contributed by atoms with Crippen molar-refractivity contribution in [3.05, 3.63) is 99.9 Å². The van der Waals surface area contributed by atoms with Gasteiger partial charge in [0, 0.05) is 11.4 Å². The van der Waals surface area contributed by atoms with E-state index in [0.717, 1.165) is 38.4 Å². The van der Waals surface area contributed by atoms with Crippen molar-refractivity contribution in [3.8, 4) is 0 Å². The number of halogens is 1. The number of nitrogens with zero attached hydrogens (tertiary/aromatic N) is 3. The monoisotopic (exact) mass is 385 g/mol. The molecule has 0 amide bonds. The van der Waals surface area contributed by atoms with Gasteiger partial charge in [-0.25, -0.2) is 0 Å². The largest absolute Gasteiger partial charge is 0.156 e. The Morgan fingerprint density at radius 2 is 1.50 bits per heavy atom. The third-order valence-electron chi connectivity index (χ3n) is 5.30. The fourth-order valence-electron chi connectivity index (χ4n) is 4.02. The molecule has 136 valence electrons. The van der Waals surface area contributed by atoms with Crippen LogP contribution in [0.5, 0.6) is 0 Å². The molecule has 0 radical (unpaired) electrons. The standard InChI is InChI=1S/C23H16ClN3O/c24-18-11-9-15(10-12-18)21-14-22(27(25-21)26-28)23-19-7-3-1-5-16(19)13-17-6-2-4-8-20(17)23/h1-13,22H,14H2. The number of benzene rings is 4. The van der Waals surface area contributed by atoms with Gasteiger partial charge in [-0.15, -0.1) is 10.0 Å². The molecule has 0 saturated heterocycles. The molecule has 0 N–H and O–H groups in total. The zero-order valence-electron chi connectivity index (χ0n) is 14.9. The van der Waals surface area contributed by atoms with Gasteiger partial charge in [0.05, 0.1) is 11.0 Å². The molecule has 4 aromatic carbocycles. The van der Waals surface area contributed by atoms with E-state index in [-0.39, 0.29) is 6.04 Å². The van der Waals surface area contributed by atoms with E-state index in [0.29, 0.717) is 11.4 Å². The van der Waals surface area contributed by atoms with Crippen LogP contribution in [0.3, 0.4) is 0 Å². The molecule has 0 aromatic heterocycles. The van der Waals surface area contributed by atoms with Gasteiger partial charge in [0.15, 0.2) is 0 Å². The van der Waals surface area contributed by atoms with Gasteiger partial charge in [-0.1, -0.05) is 72.3 Å². The highest BCUT2D eigenvalue weighted by molar-refractivity contribution is 6.30. The summed E-state index contributed by atoms with van der Waals surface area (Å²) in [6, 6.07) is 25.9. The summed E-state index contributed by atoms with van der Waals surface area (Å²) in [4.78, 5) is 11.6. The van der Waals surface area contributed by atoms with Crippen LogP contribution in [0.15, 0.2) is 89.3 Å². The highest BCUT2D eigenvalue weighted by Gasteiger charge is 2.32. The van der Waals surface area contributed by atoms with Crippen LogP contribution in [0.2, 0.25) is 5.02 Å².